The average Bonchev–Trinajstić information content (AvgIpc) is 3.40. The molecule has 0 radical (unpaired) electrons. The topological polar surface area (TPSA) is 85.8 Å². The Kier molecular flexibility index (Phi) is 4.99. The van der Waals surface area contributed by atoms with Gasteiger partial charge in [-0.1, -0.05) is 54.1 Å². The molecule has 4 aromatic rings. The third-order valence-electron chi connectivity index (χ3n) is 3.91. The molecule has 0 unspecified atom stereocenters. The lowest BCUT2D eigenvalue weighted by Gasteiger charge is -2.11. The Balaban J connectivity index is 1.77. The number of para-hydroxylation sites is 1. The van der Waals surface area contributed by atoms with E-state index in [2.05, 4.69) is 20.8 Å². The van der Waals surface area contributed by atoms with Gasteiger partial charge < -0.3 is 9.73 Å². The minimum absolute atomic E-state index is 0.179. The normalized spacial score (nSPS) is 11.4. The van der Waals surface area contributed by atoms with E-state index in [1.165, 1.54) is 10.9 Å². The largest absolute Gasteiger partial charge is 0.465 e. The fourth-order valence-corrected chi connectivity index (χ4v) is 2.78. The predicted octanol–water partition coefficient (Wildman–Crippen LogP) is 4.22. The van der Waals surface area contributed by atoms with Crippen molar-refractivity contribution < 1.29 is 9.21 Å². The summed E-state index contributed by atoms with van der Waals surface area (Å²) in [6.45, 7) is 0. The molecule has 0 spiro atoms. The van der Waals surface area contributed by atoms with Gasteiger partial charge in [-0.3, -0.25) is 4.79 Å². The number of hydrogen-bond acceptors (Lipinski definition) is 5. The van der Waals surface area contributed by atoms with Gasteiger partial charge in [-0.25, -0.2) is 0 Å². The average molecular weight is 392 g/mol. The highest BCUT2D eigenvalue weighted by Gasteiger charge is 2.20. The van der Waals surface area contributed by atoms with Crippen LogP contribution >= 0.6 is 11.6 Å². The molecular weight excluding hydrogens is 378 g/mol. The summed E-state index contributed by atoms with van der Waals surface area (Å²) in [5.41, 5.74) is 1.43. The van der Waals surface area contributed by atoms with E-state index in [0.717, 1.165) is 5.56 Å². The molecule has 1 N–H and O–H groups in total. The lowest BCUT2D eigenvalue weighted by atomic mass is 10.2. The van der Waals surface area contributed by atoms with Crippen LogP contribution in [0.15, 0.2) is 77.4 Å². The Morgan fingerprint density at radius 3 is 2.57 bits per heavy atom. The van der Waals surface area contributed by atoms with Crippen LogP contribution in [0.3, 0.4) is 0 Å². The lowest BCUT2D eigenvalue weighted by molar-refractivity contribution is -0.111. The molecule has 0 saturated carbocycles. The van der Waals surface area contributed by atoms with Crippen molar-refractivity contribution in [3.8, 4) is 11.4 Å². The summed E-state index contributed by atoms with van der Waals surface area (Å²) in [6.07, 6.45) is 3.09. The Bertz CT molecular complexity index is 1120. The third-order valence-corrected chi connectivity index (χ3v) is 4.24. The standard InChI is InChI=1S/C20H14ClN5O2/c21-16-10-4-5-11-17(16)22-20(27)18(13-15-9-6-12-28-15)26-19(23-24-25-26)14-7-2-1-3-8-14/h1-13H,(H,22,27)/b18-13+. The molecule has 2 aromatic heterocycles. The molecule has 2 aromatic carbocycles. The number of nitrogens with zero attached hydrogens (tertiary/aromatic N) is 4. The summed E-state index contributed by atoms with van der Waals surface area (Å²) in [6, 6.07) is 19.8. The minimum Gasteiger partial charge on any atom is -0.465 e. The molecule has 8 heteroatoms. The van der Waals surface area contributed by atoms with Crippen LogP contribution in [0.4, 0.5) is 5.69 Å². The molecule has 0 aliphatic carbocycles. The number of hydrogen-bond donors (Lipinski definition) is 1. The molecule has 7 nitrogen and oxygen atoms in total. The minimum atomic E-state index is -0.436. The van der Waals surface area contributed by atoms with Gasteiger partial charge in [-0.05, 0) is 34.7 Å². The summed E-state index contributed by atoms with van der Waals surface area (Å²) >= 11 is 6.17. The van der Waals surface area contributed by atoms with E-state index in [4.69, 9.17) is 16.0 Å². The fraction of sp³-hybridized carbons (Fsp3) is 0. The number of rotatable bonds is 5. The van der Waals surface area contributed by atoms with Crippen molar-refractivity contribution in [2.75, 3.05) is 5.32 Å². The maximum Gasteiger partial charge on any atom is 0.274 e. The third kappa shape index (κ3) is 3.70. The molecule has 0 bridgehead atoms. The van der Waals surface area contributed by atoms with Crippen LogP contribution in [-0.4, -0.2) is 26.1 Å². The summed E-state index contributed by atoms with van der Waals surface area (Å²) in [5, 5.41) is 15.0. The number of amides is 1. The molecule has 0 aliphatic heterocycles. The fourth-order valence-electron chi connectivity index (χ4n) is 2.60. The number of halogens is 1. The molecule has 0 fully saturated rings. The SMILES string of the molecule is O=C(Nc1ccccc1Cl)/C(=C\c1ccco1)n1nnnc1-c1ccccc1. The van der Waals surface area contributed by atoms with Crippen molar-refractivity contribution in [2.24, 2.45) is 0 Å². The van der Waals surface area contributed by atoms with E-state index in [1.54, 1.807) is 42.5 Å². The van der Waals surface area contributed by atoms with Gasteiger partial charge >= 0.3 is 0 Å². The van der Waals surface area contributed by atoms with Gasteiger partial charge in [0.15, 0.2) is 5.82 Å². The van der Waals surface area contributed by atoms with Crippen LogP contribution in [0.1, 0.15) is 5.76 Å². The number of carbonyl (C=O) groups is 1. The van der Waals surface area contributed by atoms with Gasteiger partial charge in [0, 0.05) is 11.6 Å². The number of anilines is 1. The molecule has 0 saturated heterocycles. The number of tetrazole rings is 1. The monoisotopic (exact) mass is 391 g/mol. The zero-order valence-electron chi connectivity index (χ0n) is 14.5. The summed E-state index contributed by atoms with van der Waals surface area (Å²) in [5.74, 6) is 0.473. The van der Waals surface area contributed by atoms with E-state index in [-0.39, 0.29) is 5.70 Å². The first kappa shape index (κ1) is 17.7. The molecule has 0 aliphatic rings. The molecule has 28 heavy (non-hydrogen) atoms. The molecule has 138 valence electrons. The first-order chi connectivity index (χ1) is 13.7. The van der Waals surface area contributed by atoms with E-state index in [9.17, 15) is 4.79 Å². The van der Waals surface area contributed by atoms with Crippen LogP contribution in [0.2, 0.25) is 5.02 Å². The van der Waals surface area contributed by atoms with Crippen molar-refractivity contribution in [1.29, 1.82) is 0 Å². The number of nitrogens with one attached hydrogen (secondary N) is 1. The number of aromatic nitrogens is 4. The van der Waals surface area contributed by atoms with Crippen molar-refractivity contribution in [3.05, 3.63) is 83.8 Å². The molecule has 2 heterocycles. The summed E-state index contributed by atoms with van der Waals surface area (Å²) in [7, 11) is 0. The zero-order valence-corrected chi connectivity index (χ0v) is 15.2. The maximum atomic E-state index is 13.1. The van der Waals surface area contributed by atoms with Crippen molar-refractivity contribution in [1.82, 2.24) is 20.2 Å². The molecular formula is C20H14ClN5O2. The Morgan fingerprint density at radius 1 is 1.04 bits per heavy atom. The van der Waals surface area contributed by atoms with Gasteiger partial charge in [0.2, 0.25) is 0 Å². The second-order valence-electron chi connectivity index (χ2n) is 5.76. The highest BCUT2D eigenvalue weighted by Crippen LogP contribution is 2.24. The number of furan rings is 1. The van der Waals surface area contributed by atoms with Gasteiger partial charge in [-0.2, -0.15) is 4.68 Å². The number of benzene rings is 2. The van der Waals surface area contributed by atoms with Gasteiger partial charge in [-0.15, -0.1) is 5.10 Å². The second-order valence-corrected chi connectivity index (χ2v) is 6.17. The van der Waals surface area contributed by atoms with Crippen LogP contribution in [0.5, 0.6) is 0 Å². The van der Waals surface area contributed by atoms with Crippen LogP contribution in [-0.2, 0) is 4.79 Å². The molecule has 1 amide bonds. The van der Waals surface area contributed by atoms with E-state index >= 15 is 0 Å². The summed E-state index contributed by atoms with van der Waals surface area (Å²) < 4.78 is 6.73. The molecule has 0 atom stereocenters. The van der Waals surface area contributed by atoms with Crippen LogP contribution in [0, 0.1) is 0 Å². The predicted molar refractivity (Wildman–Crippen MR) is 106 cm³/mol. The molecule has 4 rings (SSSR count). The van der Waals surface area contributed by atoms with E-state index < -0.39 is 5.91 Å². The number of carbonyl (C=O) groups excluding carboxylic acids is 1. The van der Waals surface area contributed by atoms with E-state index in [0.29, 0.717) is 22.3 Å². The Hall–Kier alpha value is -3.71. The summed E-state index contributed by atoms with van der Waals surface area (Å²) in [4.78, 5) is 13.1. The first-order valence-corrected chi connectivity index (χ1v) is 8.75. The Morgan fingerprint density at radius 2 is 1.82 bits per heavy atom. The van der Waals surface area contributed by atoms with Crippen molar-refractivity contribution >= 4 is 35.0 Å². The van der Waals surface area contributed by atoms with E-state index in [1.807, 2.05) is 30.3 Å². The quantitative estimate of drug-likeness (QED) is 0.515. The first-order valence-electron chi connectivity index (χ1n) is 8.37. The Labute approximate surface area is 165 Å². The van der Waals surface area contributed by atoms with Crippen LogP contribution < -0.4 is 5.32 Å². The maximum absolute atomic E-state index is 13.1. The van der Waals surface area contributed by atoms with Crippen molar-refractivity contribution in [2.45, 2.75) is 0 Å². The van der Waals surface area contributed by atoms with Gasteiger partial charge in [0.05, 0.1) is 17.0 Å². The zero-order chi connectivity index (χ0) is 19.3. The van der Waals surface area contributed by atoms with Gasteiger partial charge in [0.1, 0.15) is 11.5 Å². The highest BCUT2D eigenvalue weighted by molar-refractivity contribution is 6.35. The smallest absolute Gasteiger partial charge is 0.274 e. The van der Waals surface area contributed by atoms with Crippen LogP contribution in [0.25, 0.3) is 23.2 Å². The lowest BCUT2D eigenvalue weighted by Crippen LogP contribution is -2.19. The second kappa shape index (κ2) is 7.89. The van der Waals surface area contributed by atoms with Gasteiger partial charge in [0.25, 0.3) is 5.91 Å². The highest BCUT2D eigenvalue weighted by atomic mass is 35.5. The van der Waals surface area contributed by atoms with Crippen molar-refractivity contribution in [3.63, 3.8) is 0 Å².